The highest BCUT2D eigenvalue weighted by molar-refractivity contribution is 7.89. The number of nitrogens with zero attached hydrogens (tertiary/aromatic N) is 2. The van der Waals surface area contributed by atoms with Crippen LogP contribution in [0.4, 0.5) is 8.78 Å². The summed E-state index contributed by atoms with van der Waals surface area (Å²) in [5, 5.41) is 2.73. The topological polar surface area (TPSA) is 69.7 Å². The van der Waals surface area contributed by atoms with Crippen LogP contribution < -0.4 is 5.32 Å². The summed E-state index contributed by atoms with van der Waals surface area (Å²) in [6.07, 6.45) is 0. The minimum atomic E-state index is -4.02. The molecule has 2 rings (SSSR count). The van der Waals surface area contributed by atoms with Gasteiger partial charge in [0, 0.05) is 38.8 Å². The van der Waals surface area contributed by atoms with E-state index in [-0.39, 0.29) is 25.0 Å². The summed E-state index contributed by atoms with van der Waals surface area (Å²) in [6, 6.07) is 2.05. The second-order valence-corrected chi connectivity index (χ2v) is 7.49. The number of hydrogen-bond acceptors (Lipinski definition) is 4. The van der Waals surface area contributed by atoms with Crippen LogP contribution in [0.5, 0.6) is 0 Å². The maximum atomic E-state index is 13.8. The molecule has 0 radical (unpaired) electrons. The zero-order valence-corrected chi connectivity index (χ0v) is 14.4. The lowest BCUT2D eigenvalue weighted by molar-refractivity contribution is -0.126. The summed E-state index contributed by atoms with van der Waals surface area (Å²) < 4.78 is 52.9. The maximum absolute atomic E-state index is 13.8. The molecule has 0 unspecified atom stereocenters. The number of carbonyl (C=O) groups excluding carboxylic acids is 1. The van der Waals surface area contributed by atoms with E-state index >= 15 is 0 Å². The van der Waals surface area contributed by atoms with Crippen molar-refractivity contribution in [2.75, 3.05) is 32.7 Å². The highest BCUT2D eigenvalue weighted by atomic mass is 32.2. The van der Waals surface area contributed by atoms with Crippen molar-refractivity contribution in [2.24, 2.45) is 0 Å². The molecule has 1 aromatic rings. The van der Waals surface area contributed by atoms with E-state index < -0.39 is 26.6 Å². The molecule has 0 aliphatic carbocycles. The first-order chi connectivity index (χ1) is 11.3. The van der Waals surface area contributed by atoms with E-state index in [1.807, 2.05) is 11.8 Å². The Kier molecular flexibility index (Phi) is 5.89. The Balaban J connectivity index is 2.07. The number of halogens is 2. The summed E-state index contributed by atoms with van der Waals surface area (Å²) in [4.78, 5) is 13.2. The molecule has 1 saturated heterocycles. The third kappa shape index (κ3) is 3.90. The van der Waals surface area contributed by atoms with E-state index in [0.29, 0.717) is 25.7 Å². The van der Waals surface area contributed by atoms with Gasteiger partial charge in [0.1, 0.15) is 16.5 Å². The molecule has 1 aliphatic heterocycles. The standard InChI is InChI=1S/C15H21F2N3O3S/c1-3-18-15(21)11(2)19-6-8-20(9-7-19)24(22,23)14-5-4-12(16)10-13(14)17/h4-5,10-11H,3,6-9H2,1-2H3,(H,18,21)/t11-/m0/s1. The van der Waals surface area contributed by atoms with Crippen molar-refractivity contribution in [3.8, 4) is 0 Å². The number of benzene rings is 1. The van der Waals surface area contributed by atoms with Gasteiger partial charge in [0.2, 0.25) is 15.9 Å². The van der Waals surface area contributed by atoms with E-state index in [4.69, 9.17) is 0 Å². The van der Waals surface area contributed by atoms with Crippen molar-refractivity contribution in [2.45, 2.75) is 24.8 Å². The van der Waals surface area contributed by atoms with Crippen LogP contribution in [-0.2, 0) is 14.8 Å². The molecule has 0 bridgehead atoms. The predicted molar refractivity (Wildman–Crippen MR) is 84.8 cm³/mol. The molecule has 1 atom stereocenters. The maximum Gasteiger partial charge on any atom is 0.246 e. The first-order valence-electron chi connectivity index (χ1n) is 7.74. The van der Waals surface area contributed by atoms with Gasteiger partial charge in [0.25, 0.3) is 0 Å². The molecule has 0 spiro atoms. The van der Waals surface area contributed by atoms with Crippen LogP contribution in [0.15, 0.2) is 23.1 Å². The molecule has 1 N–H and O–H groups in total. The SMILES string of the molecule is CCNC(=O)[C@H](C)N1CCN(S(=O)(=O)c2ccc(F)cc2F)CC1. The molecule has 0 saturated carbocycles. The fourth-order valence-corrected chi connectivity index (χ4v) is 4.11. The lowest BCUT2D eigenvalue weighted by Crippen LogP contribution is -2.54. The van der Waals surface area contributed by atoms with Gasteiger partial charge in [0.15, 0.2) is 0 Å². The van der Waals surface area contributed by atoms with Crippen molar-refractivity contribution in [3.05, 3.63) is 29.8 Å². The van der Waals surface area contributed by atoms with E-state index in [1.54, 1.807) is 6.92 Å². The molecule has 6 nitrogen and oxygen atoms in total. The number of rotatable bonds is 5. The Hall–Kier alpha value is -1.58. The number of nitrogens with one attached hydrogen (secondary N) is 1. The van der Waals surface area contributed by atoms with Gasteiger partial charge < -0.3 is 5.32 Å². The molecule has 1 aliphatic rings. The van der Waals surface area contributed by atoms with Crippen molar-refractivity contribution in [1.29, 1.82) is 0 Å². The summed E-state index contributed by atoms with van der Waals surface area (Å²) in [5.41, 5.74) is 0. The lowest BCUT2D eigenvalue weighted by atomic mass is 10.2. The first kappa shape index (κ1) is 18.8. The number of sulfonamides is 1. The summed E-state index contributed by atoms with van der Waals surface area (Å²) in [6.45, 7) is 5.12. The van der Waals surface area contributed by atoms with Gasteiger partial charge in [-0.3, -0.25) is 9.69 Å². The summed E-state index contributed by atoms with van der Waals surface area (Å²) in [5.74, 6) is -2.04. The number of amides is 1. The quantitative estimate of drug-likeness (QED) is 0.842. The van der Waals surface area contributed by atoms with Crippen LogP contribution in [-0.4, -0.2) is 62.3 Å². The molecule has 134 valence electrons. The Morgan fingerprint density at radius 2 is 1.88 bits per heavy atom. The molecule has 0 aromatic heterocycles. The highest BCUT2D eigenvalue weighted by Gasteiger charge is 2.33. The predicted octanol–water partition coefficient (Wildman–Crippen LogP) is 0.796. The summed E-state index contributed by atoms with van der Waals surface area (Å²) in [7, 11) is -4.02. The van der Waals surface area contributed by atoms with Crippen LogP contribution in [0.1, 0.15) is 13.8 Å². The fourth-order valence-electron chi connectivity index (χ4n) is 2.64. The number of hydrogen-bond donors (Lipinski definition) is 1. The molecule has 1 amide bonds. The Morgan fingerprint density at radius 3 is 2.42 bits per heavy atom. The Labute approximate surface area is 140 Å². The van der Waals surface area contributed by atoms with Crippen LogP contribution in [0.2, 0.25) is 0 Å². The summed E-state index contributed by atoms with van der Waals surface area (Å²) >= 11 is 0. The van der Waals surface area contributed by atoms with E-state index in [0.717, 1.165) is 16.4 Å². The molecular formula is C15H21F2N3O3S. The minimum Gasteiger partial charge on any atom is -0.355 e. The van der Waals surface area contributed by atoms with Crippen molar-refractivity contribution < 1.29 is 22.0 Å². The fraction of sp³-hybridized carbons (Fsp3) is 0.533. The number of piperazine rings is 1. The van der Waals surface area contributed by atoms with Crippen molar-refractivity contribution in [3.63, 3.8) is 0 Å². The molecule has 1 fully saturated rings. The van der Waals surface area contributed by atoms with Gasteiger partial charge in [-0.15, -0.1) is 0 Å². The van der Waals surface area contributed by atoms with E-state index in [2.05, 4.69) is 5.32 Å². The second-order valence-electron chi connectivity index (χ2n) is 5.59. The van der Waals surface area contributed by atoms with E-state index in [9.17, 15) is 22.0 Å². The highest BCUT2D eigenvalue weighted by Crippen LogP contribution is 2.21. The first-order valence-corrected chi connectivity index (χ1v) is 9.18. The van der Waals surface area contributed by atoms with Crippen LogP contribution >= 0.6 is 0 Å². The van der Waals surface area contributed by atoms with Gasteiger partial charge in [-0.25, -0.2) is 17.2 Å². The van der Waals surface area contributed by atoms with Gasteiger partial charge in [-0.2, -0.15) is 4.31 Å². The largest absolute Gasteiger partial charge is 0.355 e. The Morgan fingerprint density at radius 1 is 1.25 bits per heavy atom. The third-order valence-electron chi connectivity index (χ3n) is 4.06. The van der Waals surface area contributed by atoms with Crippen molar-refractivity contribution >= 4 is 15.9 Å². The molecule has 24 heavy (non-hydrogen) atoms. The average molecular weight is 361 g/mol. The molecule has 1 aromatic carbocycles. The van der Waals surface area contributed by atoms with Gasteiger partial charge in [-0.1, -0.05) is 0 Å². The second kappa shape index (κ2) is 7.54. The van der Waals surface area contributed by atoms with E-state index in [1.165, 1.54) is 0 Å². The third-order valence-corrected chi connectivity index (χ3v) is 6.00. The number of likely N-dealkylation sites (N-methyl/N-ethyl adjacent to an activating group) is 1. The Bertz CT molecular complexity index is 704. The molecular weight excluding hydrogens is 340 g/mol. The smallest absolute Gasteiger partial charge is 0.246 e. The van der Waals surface area contributed by atoms with Crippen LogP contribution in [0, 0.1) is 11.6 Å². The molecule has 9 heteroatoms. The van der Waals surface area contributed by atoms with Crippen LogP contribution in [0.3, 0.4) is 0 Å². The zero-order valence-electron chi connectivity index (χ0n) is 13.6. The minimum absolute atomic E-state index is 0.113. The number of carbonyl (C=O) groups is 1. The van der Waals surface area contributed by atoms with Crippen molar-refractivity contribution in [1.82, 2.24) is 14.5 Å². The van der Waals surface area contributed by atoms with Gasteiger partial charge >= 0.3 is 0 Å². The lowest BCUT2D eigenvalue weighted by Gasteiger charge is -2.36. The van der Waals surface area contributed by atoms with Gasteiger partial charge in [0.05, 0.1) is 6.04 Å². The zero-order chi connectivity index (χ0) is 17.9. The average Bonchev–Trinajstić information content (AvgIpc) is 2.54. The molecule has 1 heterocycles. The normalized spacial score (nSPS) is 18.3. The van der Waals surface area contributed by atoms with Gasteiger partial charge in [-0.05, 0) is 26.0 Å². The van der Waals surface area contributed by atoms with Crippen LogP contribution in [0.25, 0.3) is 0 Å². The monoisotopic (exact) mass is 361 g/mol.